The summed E-state index contributed by atoms with van der Waals surface area (Å²) in [6.45, 7) is 1.96. The Kier molecular flexibility index (Phi) is 3.35. The first-order valence-electron chi connectivity index (χ1n) is 6.61. The maximum absolute atomic E-state index is 5.92. The molecule has 0 fully saturated rings. The number of ether oxygens (including phenoxy) is 1. The zero-order valence-corrected chi connectivity index (χ0v) is 11.3. The second-order valence-corrected chi connectivity index (χ2v) is 4.79. The molecule has 1 atom stereocenters. The van der Waals surface area contributed by atoms with E-state index in [4.69, 9.17) is 10.5 Å². The molecule has 0 spiro atoms. The molecule has 0 aliphatic rings. The minimum atomic E-state index is 0.0308. The summed E-state index contributed by atoms with van der Waals surface area (Å²) in [5.74, 6) is 1.55. The third-order valence-corrected chi connectivity index (χ3v) is 3.23. The van der Waals surface area contributed by atoms with Crippen molar-refractivity contribution in [2.45, 2.75) is 13.0 Å². The molecule has 2 N–H and O–H groups in total. The Morgan fingerprint density at radius 3 is 2.50 bits per heavy atom. The Hall–Kier alpha value is -2.39. The Balaban J connectivity index is 1.93. The Labute approximate surface area is 118 Å². The number of para-hydroxylation sites is 1. The molecule has 1 heterocycles. The van der Waals surface area contributed by atoms with E-state index < -0.39 is 0 Å². The van der Waals surface area contributed by atoms with Gasteiger partial charge in [-0.15, -0.1) is 0 Å². The highest BCUT2D eigenvalue weighted by Gasteiger charge is 2.05. The van der Waals surface area contributed by atoms with Crippen molar-refractivity contribution in [3.05, 3.63) is 66.4 Å². The molecule has 2 aromatic carbocycles. The molecule has 3 nitrogen and oxygen atoms in total. The van der Waals surface area contributed by atoms with E-state index in [1.165, 1.54) is 0 Å². The number of aromatic nitrogens is 1. The number of nitrogens with zero attached hydrogens (tertiary/aromatic N) is 1. The van der Waals surface area contributed by atoms with Gasteiger partial charge in [0.15, 0.2) is 5.75 Å². The van der Waals surface area contributed by atoms with Gasteiger partial charge < -0.3 is 10.5 Å². The Morgan fingerprint density at radius 1 is 1.00 bits per heavy atom. The van der Waals surface area contributed by atoms with Gasteiger partial charge in [0.05, 0.1) is 0 Å². The molecule has 0 aliphatic heterocycles. The molecule has 0 amide bonds. The van der Waals surface area contributed by atoms with Crippen molar-refractivity contribution in [3.63, 3.8) is 0 Å². The van der Waals surface area contributed by atoms with Crippen LogP contribution in [0.3, 0.4) is 0 Å². The highest BCUT2D eigenvalue weighted by Crippen LogP contribution is 2.28. The van der Waals surface area contributed by atoms with E-state index in [-0.39, 0.29) is 6.04 Å². The first-order chi connectivity index (χ1) is 9.74. The second kappa shape index (κ2) is 5.31. The predicted molar refractivity (Wildman–Crippen MR) is 80.9 cm³/mol. The SMILES string of the molecule is C[C@H](N)c1ccc(Oc2cccc3cccnc23)cc1. The van der Waals surface area contributed by atoms with Crippen molar-refractivity contribution in [3.8, 4) is 11.5 Å². The van der Waals surface area contributed by atoms with Gasteiger partial charge >= 0.3 is 0 Å². The molecule has 3 heteroatoms. The van der Waals surface area contributed by atoms with Crippen molar-refractivity contribution in [2.75, 3.05) is 0 Å². The fourth-order valence-electron chi connectivity index (χ4n) is 2.12. The van der Waals surface area contributed by atoms with E-state index in [0.29, 0.717) is 0 Å². The van der Waals surface area contributed by atoms with E-state index in [1.54, 1.807) is 6.20 Å². The molecule has 0 radical (unpaired) electrons. The molecule has 20 heavy (non-hydrogen) atoms. The number of rotatable bonds is 3. The third kappa shape index (κ3) is 2.49. The number of hydrogen-bond donors (Lipinski definition) is 1. The number of benzene rings is 2. The number of fused-ring (bicyclic) bond motifs is 1. The molecule has 0 aliphatic carbocycles. The van der Waals surface area contributed by atoms with Crippen LogP contribution in [0.1, 0.15) is 18.5 Å². The zero-order valence-electron chi connectivity index (χ0n) is 11.3. The first kappa shape index (κ1) is 12.6. The van der Waals surface area contributed by atoms with Crippen LogP contribution in [-0.4, -0.2) is 4.98 Å². The molecule has 0 saturated heterocycles. The van der Waals surface area contributed by atoms with Gasteiger partial charge in [-0.3, -0.25) is 4.98 Å². The van der Waals surface area contributed by atoms with Gasteiger partial charge in [0, 0.05) is 17.6 Å². The van der Waals surface area contributed by atoms with Gasteiger partial charge in [0.25, 0.3) is 0 Å². The summed E-state index contributed by atoms with van der Waals surface area (Å²) >= 11 is 0. The minimum absolute atomic E-state index is 0.0308. The lowest BCUT2D eigenvalue weighted by Gasteiger charge is -2.10. The van der Waals surface area contributed by atoms with Gasteiger partial charge in [0.2, 0.25) is 0 Å². The average Bonchev–Trinajstić information content (AvgIpc) is 2.48. The van der Waals surface area contributed by atoms with Crippen LogP contribution >= 0.6 is 0 Å². The lowest BCUT2D eigenvalue weighted by Crippen LogP contribution is -2.04. The molecule has 100 valence electrons. The van der Waals surface area contributed by atoms with E-state index in [9.17, 15) is 0 Å². The van der Waals surface area contributed by atoms with Crippen LogP contribution in [0.15, 0.2) is 60.8 Å². The summed E-state index contributed by atoms with van der Waals surface area (Å²) in [4.78, 5) is 4.38. The fraction of sp³-hybridized carbons (Fsp3) is 0.118. The van der Waals surface area contributed by atoms with Crippen LogP contribution < -0.4 is 10.5 Å². The highest BCUT2D eigenvalue weighted by molar-refractivity contribution is 5.84. The van der Waals surface area contributed by atoms with Crippen molar-refractivity contribution in [1.82, 2.24) is 4.98 Å². The summed E-state index contributed by atoms with van der Waals surface area (Å²) in [5.41, 5.74) is 7.80. The van der Waals surface area contributed by atoms with Crippen LogP contribution in [0.5, 0.6) is 11.5 Å². The summed E-state index contributed by atoms with van der Waals surface area (Å²) in [6, 6.07) is 17.7. The lowest BCUT2D eigenvalue weighted by molar-refractivity contribution is 0.487. The van der Waals surface area contributed by atoms with E-state index >= 15 is 0 Å². The van der Waals surface area contributed by atoms with E-state index in [2.05, 4.69) is 4.98 Å². The minimum Gasteiger partial charge on any atom is -0.455 e. The third-order valence-electron chi connectivity index (χ3n) is 3.23. The van der Waals surface area contributed by atoms with Crippen LogP contribution in [0.2, 0.25) is 0 Å². The largest absolute Gasteiger partial charge is 0.455 e. The second-order valence-electron chi connectivity index (χ2n) is 4.79. The van der Waals surface area contributed by atoms with Crippen LogP contribution in [0.4, 0.5) is 0 Å². The van der Waals surface area contributed by atoms with Gasteiger partial charge in [-0.2, -0.15) is 0 Å². The fourth-order valence-corrected chi connectivity index (χ4v) is 2.12. The van der Waals surface area contributed by atoms with Crippen LogP contribution in [-0.2, 0) is 0 Å². The summed E-state index contributed by atoms with van der Waals surface area (Å²) < 4.78 is 5.92. The number of hydrogen-bond acceptors (Lipinski definition) is 3. The quantitative estimate of drug-likeness (QED) is 0.776. The van der Waals surface area contributed by atoms with Crippen molar-refractivity contribution in [2.24, 2.45) is 5.73 Å². The predicted octanol–water partition coefficient (Wildman–Crippen LogP) is 4.05. The molecule has 3 aromatic rings. The Morgan fingerprint density at radius 2 is 1.75 bits per heavy atom. The molecule has 1 aromatic heterocycles. The molecule has 0 bridgehead atoms. The van der Waals surface area contributed by atoms with Crippen molar-refractivity contribution >= 4 is 10.9 Å². The monoisotopic (exact) mass is 264 g/mol. The van der Waals surface area contributed by atoms with Gasteiger partial charge in [0.1, 0.15) is 11.3 Å². The van der Waals surface area contributed by atoms with E-state index in [1.807, 2.05) is 61.5 Å². The first-order valence-corrected chi connectivity index (χ1v) is 6.61. The number of nitrogens with two attached hydrogens (primary N) is 1. The summed E-state index contributed by atoms with van der Waals surface area (Å²) in [7, 11) is 0. The van der Waals surface area contributed by atoms with E-state index in [0.717, 1.165) is 28.0 Å². The highest BCUT2D eigenvalue weighted by atomic mass is 16.5. The van der Waals surface area contributed by atoms with Gasteiger partial charge in [-0.25, -0.2) is 0 Å². The molecule has 3 rings (SSSR count). The maximum Gasteiger partial charge on any atom is 0.153 e. The van der Waals surface area contributed by atoms with Crippen molar-refractivity contribution < 1.29 is 4.74 Å². The smallest absolute Gasteiger partial charge is 0.153 e. The summed E-state index contributed by atoms with van der Waals surface area (Å²) in [6.07, 6.45) is 1.77. The molecular formula is C17H16N2O. The Bertz CT molecular complexity index is 715. The van der Waals surface area contributed by atoms with Crippen LogP contribution in [0, 0.1) is 0 Å². The number of pyridine rings is 1. The lowest BCUT2D eigenvalue weighted by atomic mass is 10.1. The standard InChI is InChI=1S/C17H16N2O/c1-12(18)13-7-9-15(10-8-13)20-16-6-2-4-14-5-3-11-19-17(14)16/h2-12H,18H2,1H3/t12-/m0/s1. The van der Waals surface area contributed by atoms with Gasteiger partial charge in [-0.1, -0.05) is 30.3 Å². The average molecular weight is 264 g/mol. The van der Waals surface area contributed by atoms with Crippen molar-refractivity contribution in [1.29, 1.82) is 0 Å². The molecular weight excluding hydrogens is 248 g/mol. The molecule has 0 saturated carbocycles. The summed E-state index contributed by atoms with van der Waals surface area (Å²) in [5, 5.41) is 1.07. The van der Waals surface area contributed by atoms with Gasteiger partial charge in [-0.05, 0) is 36.8 Å². The topological polar surface area (TPSA) is 48.1 Å². The molecule has 0 unspecified atom stereocenters. The maximum atomic E-state index is 5.92. The normalized spacial score (nSPS) is 12.3. The van der Waals surface area contributed by atoms with Crippen LogP contribution in [0.25, 0.3) is 10.9 Å². The zero-order chi connectivity index (χ0) is 13.9.